The Morgan fingerprint density at radius 3 is 2.64 bits per heavy atom. The van der Waals surface area contributed by atoms with E-state index >= 15 is 0 Å². The van der Waals surface area contributed by atoms with Crippen LogP contribution in [0.3, 0.4) is 0 Å². The van der Waals surface area contributed by atoms with Crippen LogP contribution in [0.4, 0.5) is 0 Å². The third-order valence-corrected chi connectivity index (χ3v) is 7.42. The van der Waals surface area contributed by atoms with Gasteiger partial charge < -0.3 is 29.0 Å². The van der Waals surface area contributed by atoms with E-state index in [4.69, 9.17) is 9.47 Å². The van der Waals surface area contributed by atoms with E-state index in [1.165, 1.54) is 11.0 Å². The minimum absolute atomic E-state index is 0.0244. The van der Waals surface area contributed by atoms with Crippen molar-refractivity contribution in [3.8, 4) is 11.5 Å². The van der Waals surface area contributed by atoms with Gasteiger partial charge >= 0.3 is 0 Å². The second-order valence-electron chi connectivity index (χ2n) is 9.89. The molecule has 1 atom stereocenters. The number of hydrogen-bond donors (Lipinski definition) is 2. The fraction of sp³-hybridized carbons (Fsp3) is 0.414. The van der Waals surface area contributed by atoms with Gasteiger partial charge in [0.15, 0.2) is 17.3 Å². The van der Waals surface area contributed by atoms with Gasteiger partial charge in [0.1, 0.15) is 11.3 Å². The van der Waals surface area contributed by atoms with Crippen molar-refractivity contribution >= 4 is 23.1 Å². The highest BCUT2D eigenvalue weighted by Gasteiger charge is 2.46. The largest absolute Gasteiger partial charge is 0.505 e. The normalized spacial score (nSPS) is 19.8. The highest BCUT2D eigenvalue weighted by atomic mass is 16.5. The summed E-state index contributed by atoms with van der Waals surface area (Å²) in [5, 5.41) is 21.9. The zero-order valence-corrected chi connectivity index (χ0v) is 22.5. The van der Waals surface area contributed by atoms with Crippen molar-refractivity contribution in [3.05, 3.63) is 64.6 Å². The lowest BCUT2D eigenvalue weighted by Crippen LogP contribution is -2.38. The second-order valence-corrected chi connectivity index (χ2v) is 9.89. The van der Waals surface area contributed by atoms with Gasteiger partial charge in [0.05, 0.1) is 37.1 Å². The smallest absolute Gasteiger partial charge is 0.295 e. The summed E-state index contributed by atoms with van der Waals surface area (Å²) in [4.78, 5) is 35.3. The van der Waals surface area contributed by atoms with Gasteiger partial charge in [-0.2, -0.15) is 0 Å². The number of nitrogens with zero attached hydrogens (tertiary/aromatic N) is 4. The summed E-state index contributed by atoms with van der Waals surface area (Å²) in [5.41, 5.74) is 3.02. The molecule has 10 heteroatoms. The molecule has 5 rings (SSSR count). The Labute approximate surface area is 227 Å². The number of aromatic nitrogens is 2. The quantitative estimate of drug-likeness (QED) is 0.257. The van der Waals surface area contributed by atoms with Crippen LogP contribution < -0.4 is 4.74 Å². The molecule has 2 saturated heterocycles. The number of aryl methyl sites for hydroxylation is 2. The van der Waals surface area contributed by atoms with Crippen LogP contribution in [0, 0.1) is 13.8 Å². The monoisotopic (exact) mass is 534 g/mol. The van der Waals surface area contributed by atoms with E-state index < -0.39 is 17.7 Å². The molecule has 0 aliphatic carbocycles. The number of aliphatic hydroxyl groups is 1. The number of ether oxygens (including phenoxy) is 2. The molecule has 2 aliphatic rings. The van der Waals surface area contributed by atoms with Gasteiger partial charge in [-0.3, -0.25) is 14.5 Å². The van der Waals surface area contributed by atoms with Crippen LogP contribution in [0.5, 0.6) is 11.5 Å². The number of carbonyl (C=O) groups is 2. The summed E-state index contributed by atoms with van der Waals surface area (Å²) >= 11 is 0. The van der Waals surface area contributed by atoms with Gasteiger partial charge in [0, 0.05) is 32.4 Å². The van der Waals surface area contributed by atoms with Gasteiger partial charge in [-0.05, 0) is 56.5 Å². The maximum Gasteiger partial charge on any atom is 0.295 e. The molecule has 1 aromatic carbocycles. The molecule has 0 bridgehead atoms. The number of imidazole rings is 1. The van der Waals surface area contributed by atoms with Crippen LogP contribution in [0.25, 0.3) is 11.4 Å². The van der Waals surface area contributed by atoms with Crippen molar-refractivity contribution in [2.24, 2.45) is 0 Å². The molecule has 2 aromatic heterocycles. The van der Waals surface area contributed by atoms with E-state index in [1.807, 2.05) is 36.6 Å². The molecule has 206 valence electrons. The molecular weight excluding hydrogens is 500 g/mol. The van der Waals surface area contributed by atoms with Crippen molar-refractivity contribution in [1.29, 1.82) is 0 Å². The zero-order valence-electron chi connectivity index (χ0n) is 22.5. The Bertz CT molecular complexity index is 1440. The summed E-state index contributed by atoms with van der Waals surface area (Å²) in [7, 11) is 0. The van der Waals surface area contributed by atoms with Crippen molar-refractivity contribution in [2.75, 3.05) is 46.0 Å². The van der Waals surface area contributed by atoms with Crippen LogP contribution in [0.1, 0.15) is 41.9 Å². The summed E-state index contributed by atoms with van der Waals surface area (Å²) in [6, 6.07) is 7.70. The summed E-state index contributed by atoms with van der Waals surface area (Å²) in [5.74, 6) is -1.55. The molecule has 1 amide bonds. The zero-order chi connectivity index (χ0) is 27.7. The number of Topliss-reactive ketones (excluding diaryl/α,β-unsaturated/α-hetero) is 1. The Kier molecular flexibility index (Phi) is 7.58. The molecular formula is C29H34N4O6. The van der Waals surface area contributed by atoms with Crippen molar-refractivity contribution in [1.82, 2.24) is 19.2 Å². The van der Waals surface area contributed by atoms with Gasteiger partial charge in [-0.1, -0.05) is 12.1 Å². The van der Waals surface area contributed by atoms with Crippen molar-refractivity contribution in [3.63, 3.8) is 0 Å². The third kappa shape index (κ3) is 4.97. The molecule has 0 radical (unpaired) electrons. The van der Waals surface area contributed by atoms with Gasteiger partial charge in [-0.15, -0.1) is 0 Å². The number of aliphatic hydroxyl groups excluding tert-OH is 1. The van der Waals surface area contributed by atoms with Crippen LogP contribution in [-0.2, 0) is 14.3 Å². The molecule has 0 spiro atoms. The predicted molar refractivity (Wildman–Crippen MR) is 145 cm³/mol. The number of fused-ring (bicyclic) bond motifs is 1. The van der Waals surface area contributed by atoms with E-state index in [-0.39, 0.29) is 28.5 Å². The number of ketones is 1. The number of phenols is 1. The number of amides is 1. The lowest BCUT2D eigenvalue weighted by molar-refractivity contribution is -0.140. The first kappa shape index (κ1) is 26.7. The first-order valence-electron chi connectivity index (χ1n) is 13.3. The fourth-order valence-electron chi connectivity index (χ4n) is 5.39. The molecule has 0 saturated carbocycles. The average Bonchev–Trinajstić information content (AvgIpc) is 3.40. The number of pyridine rings is 1. The molecule has 2 fully saturated rings. The van der Waals surface area contributed by atoms with E-state index in [9.17, 15) is 19.8 Å². The molecule has 39 heavy (non-hydrogen) atoms. The first-order chi connectivity index (χ1) is 18.8. The molecule has 2 aliphatic heterocycles. The van der Waals surface area contributed by atoms with Gasteiger partial charge in [-0.25, -0.2) is 4.98 Å². The summed E-state index contributed by atoms with van der Waals surface area (Å²) in [6.07, 6.45) is 2.49. The molecule has 3 aromatic rings. The van der Waals surface area contributed by atoms with E-state index in [0.29, 0.717) is 49.7 Å². The first-order valence-corrected chi connectivity index (χ1v) is 13.3. The Morgan fingerprint density at radius 1 is 1.15 bits per heavy atom. The van der Waals surface area contributed by atoms with Crippen LogP contribution in [-0.4, -0.2) is 87.1 Å². The fourth-order valence-corrected chi connectivity index (χ4v) is 5.39. The minimum Gasteiger partial charge on any atom is -0.505 e. The minimum atomic E-state index is -0.861. The maximum absolute atomic E-state index is 13.5. The van der Waals surface area contributed by atoms with Gasteiger partial charge in [0.25, 0.3) is 11.7 Å². The van der Waals surface area contributed by atoms with E-state index in [2.05, 4.69) is 9.88 Å². The number of likely N-dealkylation sites (tertiary alicyclic amines) is 1. The Balaban J connectivity index is 1.58. The number of hydrogen-bond acceptors (Lipinski definition) is 8. The van der Waals surface area contributed by atoms with E-state index in [1.54, 1.807) is 19.1 Å². The van der Waals surface area contributed by atoms with Crippen LogP contribution >= 0.6 is 0 Å². The number of carbonyl (C=O) groups excluding carboxylic acids is 2. The second kappa shape index (κ2) is 11.1. The standard InChI is InChI=1S/C29H34N4O6/c1-4-39-22-17-20(8-9-21(22)34)25-23(26(35)24-19(3)32-11-5-7-18(2)28(32)30-24)27(36)29(37)33(25)12-6-10-31-13-15-38-16-14-31/h5,7-9,11,17,25,34-35H,4,6,10,12-16H2,1-3H3/b26-23+. The van der Waals surface area contributed by atoms with Crippen LogP contribution in [0.15, 0.2) is 42.1 Å². The molecule has 4 heterocycles. The number of benzene rings is 1. The summed E-state index contributed by atoms with van der Waals surface area (Å²) in [6.45, 7) is 9.94. The summed E-state index contributed by atoms with van der Waals surface area (Å²) < 4.78 is 12.9. The molecule has 1 unspecified atom stereocenters. The predicted octanol–water partition coefficient (Wildman–Crippen LogP) is 3.20. The Morgan fingerprint density at radius 2 is 1.92 bits per heavy atom. The number of aromatic hydroxyl groups is 1. The van der Waals surface area contributed by atoms with Gasteiger partial charge in [0.2, 0.25) is 0 Å². The SMILES string of the molecule is CCOc1cc(C2/C(=C(\O)c3nc4c(C)cccn4c3C)C(=O)C(=O)N2CCCN2CCOCC2)ccc1O. The average molecular weight is 535 g/mol. The molecule has 10 nitrogen and oxygen atoms in total. The van der Waals surface area contributed by atoms with Crippen molar-refractivity contribution < 1.29 is 29.3 Å². The number of morpholine rings is 1. The molecule has 2 N–H and O–H groups in total. The Hall–Kier alpha value is -3.89. The number of phenolic OH excluding ortho intramolecular Hbond substituents is 1. The highest BCUT2D eigenvalue weighted by Crippen LogP contribution is 2.42. The lowest BCUT2D eigenvalue weighted by Gasteiger charge is -2.29. The lowest BCUT2D eigenvalue weighted by atomic mass is 9.96. The van der Waals surface area contributed by atoms with Crippen molar-refractivity contribution in [2.45, 2.75) is 33.2 Å². The number of rotatable bonds is 8. The highest BCUT2D eigenvalue weighted by molar-refractivity contribution is 6.46. The maximum atomic E-state index is 13.5. The van der Waals surface area contributed by atoms with Crippen LogP contribution in [0.2, 0.25) is 0 Å². The van der Waals surface area contributed by atoms with E-state index in [0.717, 1.165) is 25.2 Å². The third-order valence-electron chi connectivity index (χ3n) is 7.42. The topological polar surface area (TPSA) is 117 Å².